The third kappa shape index (κ3) is 2.36. The van der Waals surface area contributed by atoms with Gasteiger partial charge in [0.25, 0.3) is 0 Å². The standard InChI is InChI=1S/C11H13NO4/c1-6(7(2)10(13)14)9-8(11(15)16)4-3-5-12-9/h3-7H,1-2H3,(H,13,14)(H,15,16). The lowest BCUT2D eigenvalue weighted by Crippen LogP contribution is -2.20. The minimum absolute atomic E-state index is 0.0584. The average molecular weight is 223 g/mol. The van der Waals surface area contributed by atoms with E-state index in [9.17, 15) is 9.59 Å². The van der Waals surface area contributed by atoms with Gasteiger partial charge < -0.3 is 10.2 Å². The number of aromatic nitrogens is 1. The molecule has 86 valence electrons. The Morgan fingerprint density at radius 2 is 1.94 bits per heavy atom. The Hall–Kier alpha value is -1.91. The molecule has 2 atom stereocenters. The first-order valence-electron chi connectivity index (χ1n) is 4.86. The van der Waals surface area contributed by atoms with Gasteiger partial charge in [-0.25, -0.2) is 4.79 Å². The van der Waals surface area contributed by atoms with E-state index in [2.05, 4.69) is 4.98 Å². The Labute approximate surface area is 92.8 Å². The summed E-state index contributed by atoms with van der Waals surface area (Å²) in [7, 11) is 0. The number of carboxylic acids is 2. The molecule has 2 unspecified atom stereocenters. The highest BCUT2D eigenvalue weighted by atomic mass is 16.4. The quantitative estimate of drug-likeness (QED) is 0.809. The van der Waals surface area contributed by atoms with E-state index in [1.807, 2.05) is 0 Å². The summed E-state index contributed by atoms with van der Waals surface area (Å²) >= 11 is 0. The van der Waals surface area contributed by atoms with Gasteiger partial charge in [0.05, 0.1) is 17.2 Å². The molecular weight excluding hydrogens is 210 g/mol. The summed E-state index contributed by atoms with van der Waals surface area (Å²) in [6.07, 6.45) is 1.47. The highest BCUT2D eigenvalue weighted by Crippen LogP contribution is 2.25. The van der Waals surface area contributed by atoms with Crippen molar-refractivity contribution in [2.24, 2.45) is 5.92 Å². The van der Waals surface area contributed by atoms with Crippen molar-refractivity contribution in [3.05, 3.63) is 29.6 Å². The number of nitrogens with zero attached hydrogens (tertiary/aromatic N) is 1. The molecule has 0 radical (unpaired) electrons. The number of pyridine rings is 1. The van der Waals surface area contributed by atoms with Gasteiger partial charge in [0.2, 0.25) is 0 Å². The number of rotatable bonds is 4. The molecule has 16 heavy (non-hydrogen) atoms. The molecule has 0 aliphatic heterocycles. The molecule has 1 aromatic heterocycles. The molecule has 0 bridgehead atoms. The Morgan fingerprint density at radius 3 is 2.44 bits per heavy atom. The summed E-state index contributed by atoms with van der Waals surface area (Å²) in [5.41, 5.74) is 0.369. The summed E-state index contributed by atoms with van der Waals surface area (Å²) < 4.78 is 0. The van der Waals surface area contributed by atoms with E-state index in [1.54, 1.807) is 6.92 Å². The van der Waals surface area contributed by atoms with Crippen LogP contribution >= 0.6 is 0 Å². The molecule has 5 heteroatoms. The molecule has 0 aromatic carbocycles. The van der Waals surface area contributed by atoms with Crippen LogP contribution in [0.15, 0.2) is 18.3 Å². The van der Waals surface area contributed by atoms with Gasteiger partial charge in [-0.2, -0.15) is 0 Å². The number of aromatic carboxylic acids is 1. The fraction of sp³-hybridized carbons (Fsp3) is 0.364. The molecular formula is C11H13NO4. The predicted molar refractivity (Wildman–Crippen MR) is 56.4 cm³/mol. The maximum Gasteiger partial charge on any atom is 0.337 e. The fourth-order valence-electron chi connectivity index (χ4n) is 1.41. The minimum atomic E-state index is -1.09. The van der Waals surface area contributed by atoms with E-state index in [0.717, 1.165) is 0 Å². The molecule has 0 saturated carbocycles. The van der Waals surface area contributed by atoms with Crippen molar-refractivity contribution >= 4 is 11.9 Å². The zero-order valence-electron chi connectivity index (χ0n) is 9.04. The third-order valence-corrected chi connectivity index (χ3v) is 2.64. The van der Waals surface area contributed by atoms with Crippen LogP contribution < -0.4 is 0 Å². The molecule has 1 rings (SSSR count). The minimum Gasteiger partial charge on any atom is -0.481 e. The van der Waals surface area contributed by atoms with E-state index in [0.29, 0.717) is 5.69 Å². The van der Waals surface area contributed by atoms with Gasteiger partial charge in [0.15, 0.2) is 0 Å². The van der Waals surface area contributed by atoms with E-state index >= 15 is 0 Å². The second kappa shape index (κ2) is 4.74. The highest BCUT2D eigenvalue weighted by Gasteiger charge is 2.25. The normalized spacial score (nSPS) is 14.1. The maximum atomic E-state index is 10.9. The topological polar surface area (TPSA) is 87.5 Å². The van der Waals surface area contributed by atoms with Crippen molar-refractivity contribution in [1.29, 1.82) is 0 Å². The van der Waals surface area contributed by atoms with Crippen LogP contribution in [0.2, 0.25) is 0 Å². The molecule has 0 aliphatic rings. The zero-order chi connectivity index (χ0) is 12.3. The zero-order valence-corrected chi connectivity index (χ0v) is 9.04. The van der Waals surface area contributed by atoms with E-state index in [1.165, 1.54) is 25.3 Å². The molecule has 0 amide bonds. The number of carbonyl (C=O) groups is 2. The molecule has 1 heterocycles. The Kier molecular flexibility index (Phi) is 3.60. The van der Waals surface area contributed by atoms with Crippen molar-refractivity contribution in [1.82, 2.24) is 4.98 Å². The Bertz CT molecular complexity index is 416. The van der Waals surface area contributed by atoms with Crippen LogP contribution in [0.4, 0.5) is 0 Å². The van der Waals surface area contributed by atoms with Gasteiger partial charge in [0.1, 0.15) is 0 Å². The molecule has 0 spiro atoms. The Balaban J connectivity index is 3.12. The summed E-state index contributed by atoms with van der Waals surface area (Å²) in [6.45, 7) is 3.20. The van der Waals surface area contributed by atoms with Crippen LogP contribution in [0.25, 0.3) is 0 Å². The van der Waals surface area contributed by atoms with Crippen LogP contribution in [0.5, 0.6) is 0 Å². The lowest BCUT2D eigenvalue weighted by atomic mass is 9.90. The van der Waals surface area contributed by atoms with Crippen LogP contribution in [0.1, 0.15) is 35.8 Å². The molecule has 2 N–H and O–H groups in total. The van der Waals surface area contributed by atoms with Gasteiger partial charge in [0, 0.05) is 12.1 Å². The molecule has 0 fully saturated rings. The summed E-state index contributed by atoms with van der Waals surface area (Å²) in [5.74, 6) is -3.17. The van der Waals surface area contributed by atoms with Gasteiger partial charge >= 0.3 is 11.9 Å². The first-order valence-corrected chi connectivity index (χ1v) is 4.86. The number of hydrogen-bond acceptors (Lipinski definition) is 3. The number of aliphatic carboxylic acids is 1. The van der Waals surface area contributed by atoms with Crippen molar-refractivity contribution in [2.45, 2.75) is 19.8 Å². The van der Waals surface area contributed by atoms with Crippen molar-refractivity contribution in [3.8, 4) is 0 Å². The lowest BCUT2D eigenvalue weighted by molar-refractivity contribution is -0.141. The van der Waals surface area contributed by atoms with Crippen LogP contribution in [-0.2, 0) is 4.79 Å². The van der Waals surface area contributed by atoms with E-state index in [-0.39, 0.29) is 5.56 Å². The van der Waals surface area contributed by atoms with Crippen molar-refractivity contribution in [3.63, 3.8) is 0 Å². The lowest BCUT2D eigenvalue weighted by Gasteiger charge is -2.16. The van der Waals surface area contributed by atoms with Gasteiger partial charge in [-0.1, -0.05) is 13.8 Å². The van der Waals surface area contributed by atoms with E-state index < -0.39 is 23.8 Å². The smallest absolute Gasteiger partial charge is 0.337 e. The summed E-state index contributed by atoms with van der Waals surface area (Å²) in [5, 5.41) is 17.8. The molecule has 0 aliphatic carbocycles. The Morgan fingerprint density at radius 1 is 1.31 bits per heavy atom. The van der Waals surface area contributed by atoms with Gasteiger partial charge in [-0.15, -0.1) is 0 Å². The second-order valence-corrected chi connectivity index (χ2v) is 3.66. The monoisotopic (exact) mass is 223 g/mol. The van der Waals surface area contributed by atoms with Crippen molar-refractivity contribution in [2.75, 3.05) is 0 Å². The molecule has 1 aromatic rings. The highest BCUT2D eigenvalue weighted by molar-refractivity contribution is 5.89. The van der Waals surface area contributed by atoms with Crippen LogP contribution in [0.3, 0.4) is 0 Å². The van der Waals surface area contributed by atoms with Crippen LogP contribution in [0, 0.1) is 5.92 Å². The predicted octanol–water partition coefficient (Wildman–Crippen LogP) is 1.60. The first-order chi connectivity index (χ1) is 7.45. The van der Waals surface area contributed by atoms with Gasteiger partial charge in [-0.05, 0) is 12.1 Å². The fourth-order valence-corrected chi connectivity index (χ4v) is 1.41. The van der Waals surface area contributed by atoms with Crippen LogP contribution in [-0.4, -0.2) is 27.1 Å². The summed E-state index contributed by atoms with van der Waals surface area (Å²) in [6, 6.07) is 2.95. The number of hydrogen-bond donors (Lipinski definition) is 2. The second-order valence-electron chi connectivity index (χ2n) is 3.66. The number of carboxylic acid groups (broad SMARTS) is 2. The SMILES string of the molecule is CC(C(=O)O)C(C)c1ncccc1C(=O)O. The average Bonchev–Trinajstić information content (AvgIpc) is 2.26. The maximum absolute atomic E-state index is 10.9. The van der Waals surface area contributed by atoms with E-state index in [4.69, 9.17) is 10.2 Å². The largest absolute Gasteiger partial charge is 0.481 e. The molecule has 5 nitrogen and oxygen atoms in total. The molecule has 0 saturated heterocycles. The van der Waals surface area contributed by atoms with Crippen molar-refractivity contribution < 1.29 is 19.8 Å². The third-order valence-electron chi connectivity index (χ3n) is 2.64. The summed E-state index contributed by atoms with van der Waals surface area (Å²) in [4.78, 5) is 25.7. The first kappa shape index (κ1) is 12.2. The van der Waals surface area contributed by atoms with Gasteiger partial charge in [-0.3, -0.25) is 9.78 Å².